The van der Waals surface area contributed by atoms with Crippen molar-refractivity contribution in [3.8, 4) is 0 Å². The SMILES string of the molecule is CCC(C)(C)CC(C1C=CC(OCC(=O)OC(C)C2C=CCCC2)CC1)C(C)(C)CC. The smallest absolute Gasteiger partial charge is 0.332 e. The summed E-state index contributed by atoms with van der Waals surface area (Å²) in [7, 11) is 0. The Balaban J connectivity index is 1.87. The van der Waals surface area contributed by atoms with Gasteiger partial charge in [0.1, 0.15) is 12.7 Å². The van der Waals surface area contributed by atoms with Crippen molar-refractivity contribution in [2.75, 3.05) is 6.61 Å². The van der Waals surface area contributed by atoms with Crippen LogP contribution in [0.25, 0.3) is 0 Å². The lowest BCUT2D eigenvalue weighted by atomic mass is 9.62. The molecule has 3 heteroatoms. The Labute approximate surface area is 192 Å². The molecule has 5 unspecified atom stereocenters. The van der Waals surface area contributed by atoms with Crippen LogP contribution >= 0.6 is 0 Å². The van der Waals surface area contributed by atoms with Gasteiger partial charge < -0.3 is 9.47 Å². The topological polar surface area (TPSA) is 35.5 Å². The van der Waals surface area contributed by atoms with E-state index in [0.29, 0.717) is 28.6 Å². The number of hydrogen-bond acceptors (Lipinski definition) is 3. The van der Waals surface area contributed by atoms with Crippen LogP contribution in [0.5, 0.6) is 0 Å². The highest BCUT2D eigenvalue weighted by Crippen LogP contribution is 2.46. The summed E-state index contributed by atoms with van der Waals surface area (Å²) in [6.45, 7) is 16.3. The maximum Gasteiger partial charge on any atom is 0.332 e. The Morgan fingerprint density at radius 2 is 1.74 bits per heavy atom. The predicted molar refractivity (Wildman–Crippen MR) is 130 cm³/mol. The van der Waals surface area contributed by atoms with Crippen molar-refractivity contribution < 1.29 is 14.3 Å². The molecule has 178 valence electrons. The van der Waals surface area contributed by atoms with E-state index in [-0.39, 0.29) is 24.8 Å². The Bertz CT molecular complexity index is 616. The number of esters is 1. The summed E-state index contributed by atoms with van der Waals surface area (Å²) in [6, 6.07) is 0. The Hall–Kier alpha value is -1.09. The molecule has 0 spiro atoms. The number of rotatable bonds is 11. The van der Waals surface area contributed by atoms with E-state index in [9.17, 15) is 4.79 Å². The molecule has 0 heterocycles. The molecule has 0 bridgehead atoms. The van der Waals surface area contributed by atoms with E-state index in [2.05, 4.69) is 65.8 Å². The molecule has 3 nitrogen and oxygen atoms in total. The second kappa shape index (κ2) is 11.7. The Morgan fingerprint density at radius 1 is 1.00 bits per heavy atom. The van der Waals surface area contributed by atoms with Gasteiger partial charge in [-0.15, -0.1) is 0 Å². The molecule has 0 saturated heterocycles. The number of ether oxygens (including phenoxy) is 2. The van der Waals surface area contributed by atoms with E-state index in [0.717, 1.165) is 25.7 Å². The zero-order chi connectivity index (χ0) is 23.1. The molecule has 0 saturated carbocycles. The van der Waals surface area contributed by atoms with Crippen LogP contribution in [-0.2, 0) is 14.3 Å². The highest BCUT2D eigenvalue weighted by atomic mass is 16.6. The third-order valence-corrected chi connectivity index (χ3v) is 8.15. The summed E-state index contributed by atoms with van der Waals surface area (Å²) < 4.78 is 11.5. The van der Waals surface area contributed by atoms with Gasteiger partial charge in [-0.25, -0.2) is 4.79 Å². The van der Waals surface area contributed by atoms with Crippen LogP contribution in [0.15, 0.2) is 24.3 Å². The molecule has 0 aromatic rings. The van der Waals surface area contributed by atoms with Crippen molar-refractivity contribution >= 4 is 5.97 Å². The van der Waals surface area contributed by atoms with Gasteiger partial charge in [-0.05, 0) is 68.1 Å². The molecule has 0 aromatic carbocycles. The van der Waals surface area contributed by atoms with E-state index in [4.69, 9.17) is 9.47 Å². The van der Waals surface area contributed by atoms with Gasteiger partial charge in [0.05, 0.1) is 6.10 Å². The van der Waals surface area contributed by atoms with E-state index in [1.54, 1.807) is 0 Å². The average Bonchev–Trinajstić information content (AvgIpc) is 2.77. The first-order valence-electron chi connectivity index (χ1n) is 12.7. The maximum atomic E-state index is 12.3. The monoisotopic (exact) mass is 432 g/mol. The molecule has 0 aromatic heterocycles. The highest BCUT2D eigenvalue weighted by molar-refractivity contribution is 5.71. The van der Waals surface area contributed by atoms with E-state index >= 15 is 0 Å². The number of hydrogen-bond donors (Lipinski definition) is 0. The molecular weight excluding hydrogens is 384 g/mol. The fourth-order valence-corrected chi connectivity index (χ4v) is 5.03. The fourth-order valence-electron chi connectivity index (χ4n) is 5.03. The zero-order valence-corrected chi connectivity index (χ0v) is 21.3. The van der Waals surface area contributed by atoms with Crippen LogP contribution in [0.1, 0.15) is 99.8 Å². The minimum absolute atomic E-state index is 0.0262. The van der Waals surface area contributed by atoms with Crippen LogP contribution in [0.2, 0.25) is 0 Å². The minimum atomic E-state index is -0.239. The van der Waals surface area contributed by atoms with Crippen molar-refractivity contribution in [1.29, 1.82) is 0 Å². The van der Waals surface area contributed by atoms with Crippen molar-refractivity contribution in [2.45, 2.75) is 112 Å². The minimum Gasteiger partial charge on any atom is -0.460 e. The van der Waals surface area contributed by atoms with Crippen molar-refractivity contribution in [3.63, 3.8) is 0 Å². The summed E-state index contributed by atoms with van der Waals surface area (Å²) >= 11 is 0. The molecule has 2 aliphatic carbocycles. The summed E-state index contributed by atoms with van der Waals surface area (Å²) in [5, 5.41) is 0. The molecule has 2 aliphatic rings. The van der Waals surface area contributed by atoms with Crippen LogP contribution in [0, 0.1) is 28.6 Å². The first-order valence-corrected chi connectivity index (χ1v) is 12.7. The molecule has 2 rings (SSSR count). The van der Waals surface area contributed by atoms with Crippen molar-refractivity contribution in [3.05, 3.63) is 24.3 Å². The zero-order valence-electron chi connectivity index (χ0n) is 21.3. The van der Waals surface area contributed by atoms with Crippen LogP contribution in [0.3, 0.4) is 0 Å². The molecule has 0 fully saturated rings. The highest BCUT2D eigenvalue weighted by Gasteiger charge is 2.37. The standard InChI is InChI=1S/C28H48O3/c1-8-27(4,5)19-25(28(6,7)9-2)23-15-17-24(18-16-23)30-20-26(29)31-21(3)22-13-11-10-12-14-22/h11,13,15,17,21-25H,8-10,12,14,16,18-20H2,1-7H3. The molecule has 31 heavy (non-hydrogen) atoms. The lowest BCUT2D eigenvalue weighted by Crippen LogP contribution is -2.35. The van der Waals surface area contributed by atoms with Gasteiger partial charge in [-0.1, -0.05) is 78.7 Å². The molecular formula is C28H48O3. The van der Waals surface area contributed by atoms with Crippen molar-refractivity contribution in [1.82, 2.24) is 0 Å². The third-order valence-electron chi connectivity index (χ3n) is 8.15. The van der Waals surface area contributed by atoms with Crippen molar-refractivity contribution in [2.24, 2.45) is 28.6 Å². The predicted octanol–water partition coefficient (Wildman–Crippen LogP) is 7.50. The lowest BCUT2D eigenvalue weighted by Gasteiger charge is -2.43. The quantitative estimate of drug-likeness (QED) is 0.250. The lowest BCUT2D eigenvalue weighted by molar-refractivity contribution is -0.157. The summed E-state index contributed by atoms with van der Waals surface area (Å²) in [5.74, 6) is 1.36. The van der Waals surface area contributed by atoms with Gasteiger partial charge in [0.2, 0.25) is 0 Å². The molecule has 5 atom stereocenters. The maximum absolute atomic E-state index is 12.3. The largest absolute Gasteiger partial charge is 0.460 e. The summed E-state index contributed by atoms with van der Waals surface area (Å²) in [5.41, 5.74) is 0.689. The van der Waals surface area contributed by atoms with E-state index in [1.165, 1.54) is 25.7 Å². The third kappa shape index (κ3) is 8.08. The summed E-state index contributed by atoms with van der Waals surface area (Å²) in [6.07, 6.45) is 18.1. The Kier molecular flexibility index (Phi) is 9.86. The second-order valence-electron chi connectivity index (χ2n) is 11.4. The van der Waals surface area contributed by atoms with E-state index in [1.807, 2.05) is 6.92 Å². The van der Waals surface area contributed by atoms with Gasteiger partial charge in [-0.2, -0.15) is 0 Å². The second-order valence-corrected chi connectivity index (χ2v) is 11.4. The van der Waals surface area contributed by atoms with E-state index < -0.39 is 0 Å². The van der Waals surface area contributed by atoms with Gasteiger partial charge in [-0.3, -0.25) is 0 Å². The molecule has 0 aliphatic heterocycles. The van der Waals surface area contributed by atoms with Gasteiger partial charge in [0.25, 0.3) is 0 Å². The Morgan fingerprint density at radius 3 is 2.29 bits per heavy atom. The van der Waals surface area contributed by atoms with Gasteiger partial charge >= 0.3 is 5.97 Å². The molecule has 0 radical (unpaired) electrons. The first kappa shape index (κ1) is 26.2. The van der Waals surface area contributed by atoms with Crippen LogP contribution in [0.4, 0.5) is 0 Å². The number of carbonyl (C=O) groups excluding carboxylic acids is 1. The first-order chi connectivity index (χ1) is 14.6. The summed E-state index contributed by atoms with van der Waals surface area (Å²) in [4.78, 5) is 12.3. The van der Waals surface area contributed by atoms with Crippen LogP contribution < -0.4 is 0 Å². The average molecular weight is 433 g/mol. The molecule has 0 amide bonds. The van der Waals surface area contributed by atoms with Crippen LogP contribution in [-0.4, -0.2) is 24.8 Å². The van der Waals surface area contributed by atoms with Gasteiger partial charge in [0, 0.05) is 5.92 Å². The van der Waals surface area contributed by atoms with Gasteiger partial charge in [0.15, 0.2) is 0 Å². The fraction of sp³-hybridized carbons (Fsp3) is 0.821. The molecule has 0 N–H and O–H groups in total. The normalized spacial score (nSPS) is 26.5. The number of carbonyl (C=O) groups is 1. The number of allylic oxidation sites excluding steroid dienone is 2.